The molecule has 2 N–H and O–H groups in total. The third kappa shape index (κ3) is 3.27. The molecule has 0 saturated carbocycles. The molecule has 1 aromatic carbocycles. The minimum atomic E-state index is -0.265. The van der Waals surface area contributed by atoms with Crippen LogP contribution in [0.3, 0.4) is 0 Å². The van der Waals surface area contributed by atoms with E-state index in [-0.39, 0.29) is 49.2 Å². The first-order chi connectivity index (χ1) is 4.74. The van der Waals surface area contributed by atoms with Crippen LogP contribution in [-0.2, 0) is 0 Å². The van der Waals surface area contributed by atoms with Crippen LogP contribution in [0.25, 0.3) is 0 Å². The molecule has 0 atom stereocenters. The van der Waals surface area contributed by atoms with Crippen molar-refractivity contribution in [1.29, 1.82) is 5.26 Å². The van der Waals surface area contributed by atoms with E-state index in [2.05, 4.69) is 0 Å². The normalized spacial score (nSPS) is 7.25. The third-order valence-electron chi connectivity index (χ3n) is 1.10. The zero-order chi connectivity index (χ0) is 7.56. The zero-order valence-electron chi connectivity index (χ0n) is 7.07. The van der Waals surface area contributed by atoms with Crippen LogP contribution in [-0.4, -0.2) is 47.9 Å². The maximum absolute atomic E-state index is 8.83. The summed E-state index contributed by atoms with van der Waals surface area (Å²) >= 11 is 0. The number of benzene rings is 1. The molecule has 0 fully saturated rings. The largest absolute Gasteiger partial charge is 0.504 e. The molecule has 5 heteroatoms. The number of aromatic hydroxyl groups is 2. The van der Waals surface area contributed by atoms with Gasteiger partial charge in [-0.25, -0.2) is 0 Å². The molecule has 0 aliphatic rings. The van der Waals surface area contributed by atoms with Gasteiger partial charge in [0, 0.05) is 43.8 Å². The van der Waals surface area contributed by atoms with Gasteiger partial charge in [0.1, 0.15) is 0 Å². The average Bonchev–Trinajstić information content (AvgIpc) is 1.95. The molecule has 0 saturated heterocycles. The van der Waals surface area contributed by atoms with Crippen molar-refractivity contribution in [2.75, 3.05) is 0 Å². The van der Waals surface area contributed by atoms with E-state index in [4.69, 9.17) is 15.5 Å². The smallest absolute Gasteiger partial charge is 0.158 e. The first-order valence-electron chi connectivity index (χ1n) is 2.66. The molecule has 52 valence electrons. The van der Waals surface area contributed by atoms with Gasteiger partial charge < -0.3 is 10.2 Å². The molecule has 1 aromatic rings. The molecule has 0 spiro atoms. The van der Waals surface area contributed by atoms with Crippen molar-refractivity contribution in [3.63, 3.8) is 0 Å². The predicted molar refractivity (Wildman–Crippen MR) is 46.0 cm³/mol. The summed E-state index contributed by atoms with van der Waals surface area (Å²) in [6, 6.07) is 5.72. The molecule has 2 radical (unpaired) electrons. The van der Waals surface area contributed by atoms with Crippen LogP contribution in [0.2, 0.25) is 0 Å². The second-order valence-corrected chi connectivity index (χ2v) is 1.82. The fourth-order valence-electron chi connectivity index (χ4n) is 0.593. The molecule has 0 unspecified atom stereocenters. The Morgan fingerprint density at radius 2 is 1.67 bits per heavy atom. The molecule has 0 aromatic heterocycles. The van der Waals surface area contributed by atoms with Crippen LogP contribution in [0.4, 0.5) is 0 Å². The number of phenolic OH excluding ortho intramolecular Hbond substituents is 2. The van der Waals surface area contributed by atoms with E-state index in [1.54, 1.807) is 0 Å². The predicted octanol–water partition coefficient (Wildman–Crippen LogP) is 0.208. The summed E-state index contributed by atoms with van der Waals surface area (Å²) in [5, 5.41) is 25.9. The standard InChI is InChI=1S/C7H5NO2.2Li/c8-4-5-1-2-6(9)7(10)3-5;;/h1-3,9-10H;;. The third-order valence-corrected chi connectivity index (χ3v) is 1.10. The zero-order valence-corrected chi connectivity index (χ0v) is 7.07. The Bertz CT molecular complexity index is 296. The van der Waals surface area contributed by atoms with Gasteiger partial charge in [0.05, 0.1) is 11.6 Å². The Morgan fingerprint density at radius 3 is 2.08 bits per heavy atom. The summed E-state index contributed by atoms with van der Waals surface area (Å²) in [6.45, 7) is 0. The molecule has 1 rings (SSSR count). The van der Waals surface area contributed by atoms with Crippen LogP contribution >= 0.6 is 0 Å². The fourth-order valence-corrected chi connectivity index (χ4v) is 0.593. The quantitative estimate of drug-likeness (QED) is 0.409. The second-order valence-electron chi connectivity index (χ2n) is 1.82. The summed E-state index contributed by atoms with van der Waals surface area (Å²) < 4.78 is 0. The number of phenols is 2. The molecular weight excluding hydrogens is 144 g/mol. The van der Waals surface area contributed by atoms with Crippen molar-refractivity contribution in [2.45, 2.75) is 0 Å². The first kappa shape index (κ1) is 14.1. The Labute approximate surface area is 94.4 Å². The molecule has 12 heavy (non-hydrogen) atoms. The Balaban J connectivity index is 0. The average molecular weight is 149 g/mol. The molecular formula is C7H5Li2NO2. The van der Waals surface area contributed by atoms with E-state index in [0.717, 1.165) is 0 Å². The van der Waals surface area contributed by atoms with Crippen LogP contribution in [0.15, 0.2) is 18.2 Å². The van der Waals surface area contributed by atoms with E-state index < -0.39 is 0 Å². The molecule has 3 nitrogen and oxygen atoms in total. The van der Waals surface area contributed by atoms with Crippen molar-refractivity contribution in [3.8, 4) is 17.6 Å². The van der Waals surface area contributed by atoms with Crippen LogP contribution in [0, 0.1) is 11.3 Å². The van der Waals surface area contributed by atoms with Gasteiger partial charge in [-0.3, -0.25) is 0 Å². The summed E-state index contributed by atoms with van der Waals surface area (Å²) in [7, 11) is 0. The summed E-state index contributed by atoms with van der Waals surface area (Å²) in [6.07, 6.45) is 0. The van der Waals surface area contributed by atoms with E-state index in [1.165, 1.54) is 18.2 Å². The maximum atomic E-state index is 8.83. The fraction of sp³-hybridized carbons (Fsp3) is 0. The van der Waals surface area contributed by atoms with E-state index in [9.17, 15) is 0 Å². The van der Waals surface area contributed by atoms with E-state index >= 15 is 0 Å². The summed E-state index contributed by atoms with van der Waals surface area (Å²) in [5.41, 5.74) is 0.329. The van der Waals surface area contributed by atoms with Crippen molar-refractivity contribution >= 4 is 37.7 Å². The van der Waals surface area contributed by atoms with Gasteiger partial charge in [-0.2, -0.15) is 5.26 Å². The van der Waals surface area contributed by atoms with Crippen molar-refractivity contribution in [3.05, 3.63) is 23.8 Å². The minimum Gasteiger partial charge on any atom is -0.504 e. The summed E-state index contributed by atoms with van der Waals surface area (Å²) in [5.74, 6) is -0.474. The van der Waals surface area contributed by atoms with Crippen molar-refractivity contribution in [2.24, 2.45) is 0 Å². The topological polar surface area (TPSA) is 64.2 Å². The van der Waals surface area contributed by atoms with Gasteiger partial charge in [-0.1, -0.05) is 0 Å². The van der Waals surface area contributed by atoms with Crippen LogP contribution in [0.5, 0.6) is 11.5 Å². The van der Waals surface area contributed by atoms with Gasteiger partial charge in [0.2, 0.25) is 0 Å². The number of rotatable bonds is 0. The maximum Gasteiger partial charge on any atom is 0.158 e. The minimum absolute atomic E-state index is 0. The van der Waals surface area contributed by atoms with Crippen LogP contribution < -0.4 is 0 Å². The number of nitriles is 1. The molecule has 0 bridgehead atoms. The summed E-state index contributed by atoms with van der Waals surface area (Å²) in [4.78, 5) is 0. The first-order valence-corrected chi connectivity index (χ1v) is 2.66. The Kier molecular flexibility index (Phi) is 7.11. The SMILES string of the molecule is N#Cc1ccc(O)c(O)c1.[Li].[Li]. The number of nitrogens with zero attached hydrogens (tertiary/aromatic N) is 1. The Hall–Kier alpha value is -0.495. The van der Waals surface area contributed by atoms with Crippen molar-refractivity contribution in [1.82, 2.24) is 0 Å². The molecule has 0 amide bonds. The van der Waals surface area contributed by atoms with Gasteiger partial charge in [0.15, 0.2) is 11.5 Å². The van der Waals surface area contributed by atoms with Gasteiger partial charge in [0.25, 0.3) is 0 Å². The number of hydrogen-bond donors (Lipinski definition) is 2. The second kappa shape index (κ2) is 6.07. The molecule has 0 aliphatic heterocycles. The van der Waals surface area contributed by atoms with Gasteiger partial charge in [-0.15, -0.1) is 0 Å². The molecule has 0 heterocycles. The van der Waals surface area contributed by atoms with Gasteiger partial charge >= 0.3 is 0 Å². The van der Waals surface area contributed by atoms with Crippen molar-refractivity contribution < 1.29 is 10.2 Å². The van der Waals surface area contributed by atoms with E-state index in [1.807, 2.05) is 6.07 Å². The Morgan fingerprint density at radius 1 is 1.08 bits per heavy atom. The van der Waals surface area contributed by atoms with Gasteiger partial charge in [-0.05, 0) is 12.1 Å². The van der Waals surface area contributed by atoms with Crippen LogP contribution in [0.1, 0.15) is 5.56 Å². The number of hydrogen-bond acceptors (Lipinski definition) is 3. The monoisotopic (exact) mass is 149 g/mol. The van der Waals surface area contributed by atoms with E-state index in [0.29, 0.717) is 5.56 Å². The molecule has 0 aliphatic carbocycles.